The lowest BCUT2D eigenvalue weighted by atomic mass is 10.1. The van der Waals surface area contributed by atoms with Crippen molar-refractivity contribution in [1.82, 2.24) is 9.80 Å². The molecule has 4 heteroatoms. The van der Waals surface area contributed by atoms with Gasteiger partial charge in [0.05, 0.1) is 6.10 Å². The van der Waals surface area contributed by atoms with Crippen molar-refractivity contribution in [2.45, 2.75) is 19.4 Å². The molecule has 0 bridgehead atoms. The van der Waals surface area contributed by atoms with E-state index >= 15 is 0 Å². The molecule has 1 aromatic carbocycles. The molecule has 0 radical (unpaired) electrons. The molecule has 1 atom stereocenters. The van der Waals surface area contributed by atoms with Crippen molar-refractivity contribution < 1.29 is 4.74 Å². The van der Waals surface area contributed by atoms with Gasteiger partial charge in [-0.05, 0) is 18.9 Å². The van der Waals surface area contributed by atoms with Crippen molar-refractivity contribution in [2.75, 3.05) is 41.3 Å². The van der Waals surface area contributed by atoms with Crippen LogP contribution in [-0.4, -0.2) is 57.1 Å². The van der Waals surface area contributed by atoms with E-state index in [1.54, 1.807) is 0 Å². The van der Waals surface area contributed by atoms with E-state index in [1.165, 1.54) is 5.56 Å². The van der Waals surface area contributed by atoms with Gasteiger partial charge in [0.15, 0.2) is 5.96 Å². The zero-order valence-electron chi connectivity index (χ0n) is 13.3. The molecule has 0 aliphatic rings. The normalized spacial score (nSPS) is 11.8. The molecule has 20 heavy (non-hydrogen) atoms. The first-order chi connectivity index (χ1) is 9.52. The highest BCUT2D eigenvalue weighted by atomic mass is 16.5. The Hall–Kier alpha value is -1.55. The molecule has 4 nitrogen and oxygen atoms in total. The molecule has 112 valence electrons. The van der Waals surface area contributed by atoms with E-state index in [2.05, 4.69) is 24.0 Å². The van der Waals surface area contributed by atoms with Crippen molar-refractivity contribution in [3.05, 3.63) is 35.9 Å². The largest absolute Gasteiger partial charge is 0.374 e. The summed E-state index contributed by atoms with van der Waals surface area (Å²) in [6, 6.07) is 10.3. The fourth-order valence-electron chi connectivity index (χ4n) is 2.01. The monoisotopic (exact) mass is 277 g/mol. The first kappa shape index (κ1) is 16.5. The van der Waals surface area contributed by atoms with Crippen molar-refractivity contribution >= 4 is 5.96 Å². The first-order valence-corrected chi connectivity index (χ1v) is 7.08. The lowest BCUT2D eigenvalue weighted by molar-refractivity contribution is 0.0651. The smallest absolute Gasteiger partial charge is 0.195 e. The maximum absolute atomic E-state index is 5.83. The number of ether oxygens (including phenoxy) is 1. The topological polar surface area (TPSA) is 28.1 Å². The van der Waals surface area contributed by atoms with Gasteiger partial charge in [0.2, 0.25) is 0 Å². The number of hydrogen-bond donors (Lipinski definition) is 0. The Morgan fingerprint density at radius 1 is 1.10 bits per heavy atom. The van der Waals surface area contributed by atoms with E-state index < -0.39 is 0 Å². The van der Waals surface area contributed by atoms with E-state index in [1.807, 2.05) is 56.2 Å². The Kier molecular flexibility index (Phi) is 7.09. The minimum atomic E-state index is 0.141. The molecular weight excluding hydrogens is 250 g/mol. The van der Waals surface area contributed by atoms with Crippen LogP contribution >= 0.6 is 0 Å². The van der Waals surface area contributed by atoms with Crippen LogP contribution in [0.4, 0.5) is 0 Å². The molecule has 0 aliphatic carbocycles. The van der Waals surface area contributed by atoms with Gasteiger partial charge < -0.3 is 14.5 Å². The maximum atomic E-state index is 5.83. The third-order valence-corrected chi connectivity index (χ3v) is 2.99. The number of aliphatic imine (C=N–C) groups is 1. The molecule has 0 amide bonds. The summed E-state index contributed by atoms with van der Waals surface area (Å²) in [4.78, 5) is 8.62. The summed E-state index contributed by atoms with van der Waals surface area (Å²) in [7, 11) is 8.03. The second-order valence-corrected chi connectivity index (χ2v) is 5.25. The molecule has 0 saturated carbocycles. The Balaban J connectivity index is 2.30. The van der Waals surface area contributed by atoms with Gasteiger partial charge in [-0.15, -0.1) is 0 Å². The molecule has 1 unspecified atom stereocenters. The molecule has 0 spiro atoms. The fourth-order valence-corrected chi connectivity index (χ4v) is 2.01. The van der Waals surface area contributed by atoms with Gasteiger partial charge in [-0.2, -0.15) is 0 Å². The summed E-state index contributed by atoms with van der Waals surface area (Å²) >= 11 is 0. The second kappa shape index (κ2) is 8.59. The minimum Gasteiger partial charge on any atom is -0.374 e. The third kappa shape index (κ3) is 5.61. The van der Waals surface area contributed by atoms with E-state index in [9.17, 15) is 0 Å². The summed E-state index contributed by atoms with van der Waals surface area (Å²) < 4.78 is 5.83. The highest BCUT2D eigenvalue weighted by Crippen LogP contribution is 2.15. The summed E-state index contributed by atoms with van der Waals surface area (Å²) in [6.07, 6.45) is 1.07. The van der Waals surface area contributed by atoms with Gasteiger partial charge in [0.25, 0.3) is 0 Å². The van der Waals surface area contributed by atoms with Crippen LogP contribution in [0.2, 0.25) is 0 Å². The SMILES string of the molecule is CC(OCCCN=C(N(C)C)N(C)C)c1ccccc1. The first-order valence-electron chi connectivity index (χ1n) is 7.08. The Morgan fingerprint density at radius 2 is 1.70 bits per heavy atom. The third-order valence-electron chi connectivity index (χ3n) is 2.99. The predicted octanol–water partition coefficient (Wildman–Crippen LogP) is 2.63. The van der Waals surface area contributed by atoms with Crippen LogP contribution in [0.25, 0.3) is 0 Å². The zero-order valence-corrected chi connectivity index (χ0v) is 13.3. The Morgan fingerprint density at radius 3 is 2.25 bits per heavy atom. The van der Waals surface area contributed by atoms with Crippen molar-refractivity contribution in [1.29, 1.82) is 0 Å². The van der Waals surface area contributed by atoms with Crippen LogP contribution in [-0.2, 0) is 4.74 Å². The second-order valence-electron chi connectivity index (χ2n) is 5.25. The molecule has 0 aromatic heterocycles. The van der Waals surface area contributed by atoms with E-state index in [0.29, 0.717) is 0 Å². The highest BCUT2D eigenvalue weighted by molar-refractivity contribution is 5.79. The lowest BCUT2D eigenvalue weighted by Crippen LogP contribution is -2.35. The van der Waals surface area contributed by atoms with E-state index in [4.69, 9.17) is 4.74 Å². The van der Waals surface area contributed by atoms with Crippen LogP contribution in [0.3, 0.4) is 0 Å². The molecule has 0 fully saturated rings. The zero-order chi connectivity index (χ0) is 15.0. The lowest BCUT2D eigenvalue weighted by Gasteiger charge is -2.22. The average molecular weight is 277 g/mol. The van der Waals surface area contributed by atoms with Gasteiger partial charge in [-0.1, -0.05) is 30.3 Å². The number of benzene rings is 1. The van der Waals surface area contributed by atoms with Crippen LogP contribution in [0.5, 0.6) is 0 Å². The van der Waals surface area contributed by atoms with Gasteiger partial charge in [0, 0.05) is 41.3 Å². The van der Waals surface area contributed by atoms with E-state index in [0.717, 1.165) is 25.5 Å². The van der Waals surface area contributed by atoms with Crippen molar-refractivity contribution in [3.8, 4) is 0 Å². The van der Waals surface area contributed by atoms with Crippen LogP contribution in [0.1, 0.15) is 25.0 Å². The highest BCUT2D eigenvalue weighted by Gasteiger charge is 2.05. The van der Waals surface area contributed by atoms with Gasteiger partial charge in [-0.3, -0.25) is 4.99 Å². The van der Waals surface area contributed by atoms with Crippen LogP contribution in [0, 0.1) is 0 Å². The van der Waals surface area contributed by atoms with Crippen molar-refractivity contribution in [3.63, 3.8) is 0 Å². The molecule has 0 heterocycles. The minimum absolute atomic E-state index is 0.141. The van der Waals surface area contributed by atoms with Crippen molar-refractivity contribution in [2.24, 2.45) is 4.99 Å². The Bertz CT molecular complexity index is 391. The van der Waals surface area contributed by atoms with E-state index in [-0.39, 0.29) is 6.10 Å². The number of nitrogens with zero attached hydrogens (tertiary/aromatic N) is 3. The summed E-state index contributed by atoms with van der Waals surface area (Å²) in [5, 5.41) is 0. The molecule has 0 aliphatic heterocycles. The van der Waals surface area contributed by atoms with Crippen LogP contribution in [0.15, 0.2) is 35.3 Å². The number of rotatable bonds is 6. The van der Waals surface area contributed by atoms with Gasteiger partial charge in [-0.25, -0.2) is 0 Å². The molecular formula is C16H27N3O. The van der Waals surface area contributed by atoms with Gasteiger partial charge in [0.1, 0.15) is 0 Å². The standard InChI is InChI=1S/C16H27N3O/c1-14(15-10-7-6-8-11-15)20-13-9-12-17-16(18(2)3)19(4)5/h6-8,10-11,14H,9,12-13H2,1-5H3. The molecule has 0 N–H and O–H groups in total. The Labute approximate surface area is 123 Å². The summed E-state index contributed by atoms with van der Waals surface area (Å²) in [6.45, 7) is 3.60. The van der Waals surface area contributed by atoms with Gasteiger partial charge >= 0.3 is 0 Å². The number of guanidine groups is 1. The molecule has 1 aromatic rings. The fraction of sp³-hybridized carbons (Fsp3) is 0.562. The maximum Gasteiger partial charge on any atom is 0.195 e. The summed E-state index contributed by atoms with van der Waals surface area (Å²) in [5.41, 5.74) is 1.22. The average Bonchev–Trinajstić information content (AvgIpc) is 2.42. The van der Waals surface area contributed by atoms with Crippen LogP contribution < -0.4 is 0 Å². The quantitative estimate of drug-likeness (QED) is 0.454. The number of hydrogen-bond acceptors (Lipinski definition) is 2. The predicted molar refractivity (Wildman–Crippen MR) is 85.1 cm³/mol. The summed E-state index contributed by atoms with van der Waals surface area (Å²) in [5.74, 6) is 0.987. The molecule has 1 rings (SSSR count). The molecule has 0 saturated heterocycles.